The number of para-hydroxylation sites is 1. The summed E-state index contributed by atoms with van der Waals surface area (Å²) in [6.07, 6.45) is 0. The SMILES string of the molecule is Cc1ccc(OCC(=O)NNc2ccccc2)cc1. The molecule has 2 N–H and O–H groups in total. The van der Waals surface area contributed by atoms with Crippen molar-refractivity contribution in [1.29, 1.82) is 0 Å². The van der Waals surface area contributed by atoms with E-state index in [1.165, 1.54) is 0 Å². The predicted molar refractivity (Wildman–Crippen MR) is 74.9 cm³/mol. The molecule has 0 aromatic heterocycles. The molecule has 2 rings (SSSR count). The average molecular weight is 256 g/mol. The lowest BCUT2D eigenvalue weighted by Crippen LogP contribution is -2.33. The lowest BCUT2D eigenvalue weighted by molar-refractivity contribution is -0.122. The van der Waals surface area contributed by atoms with E-state index in [1.807, 2.05) is 61.5 Å². The Morgan fingerprint density at radius 2 is 1.74 bits per heavy atom. The van der Waals surface area contributed by atoms with Crippen molar-refractivity contribution in [3.63, 3.8) is 0 Å². The van der Waals surface area contributed by atoms with Crippen LogP contribution in [-0.2, 0) is 4.79 Å². The van der Waals surface area contributed by atoms with E-state index in [0.29, 0.717) is 5.75 Å². The maximum absolute atomic E-state index is 11.6. The monoisotopic (exact) mass is 256 g/mol. The number of hydrogen-bond donors (Lipinski definition) is 2. The van der Waals surface area contributed by atoms with E-state index in [2.05, 4.69) is 10.9 Å². The van der Waals surface area contributed by atoms with E-state index in [9.17, 15) is 4.79 Å². The molecule has 0 aliphatic rings. The fourth-order valence-electron chi connectivity index (χ4n) is 1.48. The number of benzene rings is 2. The fraction of sp³-hybridized carbons (Fsp3) is 0.133. The number of carbonyl (C=O) groups is 1. The first-order chi connectivity index (χ1) is 9.24. The highest BCUT2D eigenvalue weighted by molar-refractivity contribution is 5.78. The van der Waals surface area contributed by atoms with E-state index in [1.54, 1.807) is 0 Å². The Labute approximate surface area is 112 Å². The van der Waals surface area contributed by atoms with Crippen LogP contribution in [0, 0.1) is 6.92 Å². The number of aryl methyl sites for hydroxylation is 1. The molecule has 4 nitrogen and oxygen atoms in total. The van der Waals surface area contributed by atoms with E-state index in [4.69, 9.17) is 4.74 Å². The molecule has 2 aromatic carbocycles. The van der Waals surface area contributed by atoms with Gasteiger partial charge < -0.3 is 4.74 Å². The van der Waals surface area contributed by atoms with Crippen molar-refractivity contribution >= 4 is 11.6 Å². The molecular weight excluding hydrogens is 240 g/mol. The summed E-state index contributed by atoms with van der Waals surface area (Å²) in [4.78, 5) is 11.6. The third kappa shape index (κ3) is 4.35. The molecule has 0 unspecified atom stereocenters. The van der Waals surface area contributed by atoms with E-state index in [-0.39, 0.29) is 12.5 Å². The molecule has 0 aliphatic heterocycles. The van der Waals surface area contributed by atoms with Crippen molar-refractivity contribution in [2.75, 3.05) is 12.0 Å². The van der Waals surface area contributed by atoms with Crippen LogP contribution in [0.5, 0.6) is 5.75 Å². The van der Waals surface area contributed by atoms with Crippen LogP contribution in [0.15, 0.2) is 54.6 Å². The van der Waals surface area contributed by atoms with Crippen LogP contribution >= 0.6 is 0 Å². The smallest absolute Gasteiger partial charge is 0.276 e. The van der Waals surface area contributed by atoms with Gasteiger partial charge in [0.1, 0.15) is 5.75 Å². The Kier molecular flexibility index (Phi) is 4.39. The highest BCUT2D eigenvalue weighted by Crippen LogP contribution is 2.10. The van der Waals surface area contributed by atoms with Crippen LogP contribution in [0.2, 0.25) is 0 Å². The maximum Gasteiger partial charge on any atom is 0.276 e. The van der Waals surface area contributed by atoms with Gasteiger partial charge in [-0.15, -0.1) is 0 Å². The summed E-state index contributed by atoms with van der Waals surface area (Å²) in [5.41, 5.74) is 7.36. The third-order valence-electron chi connectivity index (χ3n) is 2.51. The first-order valence-corrected chi connectivity index (χ1v) is 6.03. The van der Waals surface area contributed by atoms with Crippen molar-refractivity contribution in [2.24, 2.45) is 0 Å². The molecule has 0 fully saturated rings. The number of rotatable bonds is 5. The van der Waals surface area contributed by atoms with Gasteiger partial charge in [-0.2, -0.15) is 0 Å². The highest BCUT2D eigenvalue weighted by atomic mass is 16.5. The number of carbonyl (C=O) groups excluding carboxylic acids is 1. The summed E-state index contributed by atoms with van der Waals surface area (Å²) in [6, 6.07) is 17.0. The number of hydrazine groups is 1. The first-order valence-electron chi connectivity index (χ1n) is 6.03. The zero-order chi connectivity index (χ0) is 13.5. The van der Waals surface area contributed by atoms with Gasteiger partial charge >= 0.3 is 0 Å². The number of amides is 1. The summed E-state index contributed by atoms with van der Waals surface area (Å²) in [7, 11) is 0. The molecule has 0 spiro atoms. The number of anilines is 1. The van der Waals surface area contributed by atoms with Crippen LogP contribution in [0.25, 0.3) is 0 Å². The van der Waals surface area contributed by atoms with E-state index in [0.717, 1.165) is 11.3 Å². The van der Waals surface area contributed by atoms with Gasteiger partial charge in [0.05, 0.1) is 5.69 Å². The molecule has 0 atom stereocenters. The van der Waals surface area contributed by atoms with Crippen LogP contribution in [-0.4, -0.2) is 12.5 Å². The molecule has 0 radical (unpaired) electrons. The summed E-state index contributed by atoms with van der Waals surface area (Å²) in [5.74, 6) is 0.449. The number of nitrogens with one attached hydrogen (secondary N) is 2. The minimum atomic E-state index is -0.232. The van der Waals surface area contributed by atoms with E-state index < -0.39 is 0 Å². The van der Waals surface area contributed by atoms with Crippen molar-refractivity contribution in [1.82, 2.24) is 5.43 Å². The normalized spacial score (nSPS) is 9.74. The molecule has 4 heteroatoms. The Morgan fingerprint density at radius 1 is 1.05 bits per heavy atom. The van der Waals surface area contributed by atoms with Gasteiger partial charge in [0, 0.05) is 0 Å². The van der Waals surface area contributed by atoms with Crippen LogP contribution in [0.4, 0.5) is 5.69 Å². The maximum atomic E-state index is 11.6. The minimum Gasteiger partial charge on any atom is -0.484 e. The topological polar surface area (TPSA) is 50.4 Å². The molecule has 0 heterocycles. The lowest BCUT2D eigenvalue weighted by atomic mass is 10.2. The fourth-order valence-corrected chi connectivity index (χ4v) is 1.48. The van der Waals surface area contributed by atoms with Gasteiger partial charge in [-0.25, -0.2) is 0 Å². The molecule has 0 saturated heterocycles. The highest BCUT2D eigenvalue weighted by Gasteiger charge is 2.01. The second-order valence-corrected chi connectivity index (χ2v) is 4.14. The second kappa shape index (κ2) is 6.44. The van der Waals surface area contributed by atoms with Crippen LogP contribution in [0.1, 0.15) is 5.56 Å². The van der Waals surface area contributed by atoms with Crippen molar-refractivity contribution in [2.45, 2.75) is 6.92 Å². The summed E-state index contributed by atoms with van der Waals surface area (Å²) in [6.45, 7) is 1.98. The van der Waals surface area contributed by atoms with Crippen molar-refractivity contribution in [3.05, 3.63) is 60.2 Å². The van der Waals surface area contributed by atoms with Gasteiger partial charge in [-0.3, -0.25) is 15.6 Å². The zero-order valence-electron chi connectivity index (χ0n) is 10.7. The Balaban J connectivity index is 1.74. The van der Waals surface area contributed by atoms with Gasteiger partial charge in [-0.05, 0) is 31.2 Å². The van der Waals surface area contributed by atoms with Crippen molar-refractivity contribution < 1.29 is 9.53 Å². The molecule has 1 amide bonds. The molecule has 0 aliphatic carbocycles. The van der Waals surface area contributed by atoms with Gasteiger partial charge in [-0.1, -0.05) is 35.9 Å². The quantitative estimate of drug-likeness (QED) is 0.808. The van der Waals surface area contributed by atoms with Crippen LogP contribution < -0.4 is 15.6 Å². The zero-order valence-corrected chi connectivity index (χ0v) is 10.7. The van der Waals surface area contributed by atoms with Gasteiger partial charge in [0.25, 0.3) is 5.91 Å². The number of hydrogen-bond acceptors (Lipinski definition) is 3. The summed E-state index contributed by atoms with van der Waals surface area (Å²) >= 11 is 0. The Hall–Kier alpha value is -2.49. The molecule has 19 heavy (non-hydrogen) atoms. The van der Waals surface area contributed by atoms with E-state index >= 15 is 0 Å². The predicted octanol–water partition coefficient (Wildman–Crippen LogP) is 2.52. The van der Waals surface area contributed by atoms with Crippen molar-refractivity contribution in [3.8, 4) is 5.75 Å². The number of ether oxygens (including phenoxy) is 1. The summed E-state index contributed by atoms with van der Waals surface area (Å²) < 4.78 is 5.36. The average Bonchev–Trinajstić information content (AvgIpc) is 2.45. The van der Waals surface area contributed by atoms with Crippen LogP contribution in [0.3, 0.4) is 0 Å². The third-order valence-corrected chi connectivity index (χ3v) is 2.51. The molecule has 98 valence electrons. The molecule has 2 aromatic rings. The molecular formula is C15H16N2O2. The largest absolute Gasteiger partial charge is 0.484 e. The standard InChI is InChI=1S/C15H16N2O2/c1-12-7-9-14(10-8-12)19-11-15(18)17-16-13-5-3-2-4-6-13/h2-10,16H,11H2,1H3,(H,17,18). The Morgan fingerprint density at radius 3 is 2.42 bits per heavy atom. The van der Waals surface area contributed by atoms with Gasteiger partial charge in [0.15, 0.2) is 6.61 Å². The second-order valence-electron chi connectivity index (χ2n) is 4.14. The Bertz CT molecular complexity index is 524. The van der Waals surface area contributed by atoms with Gasteiger partial charge in [0.2, 0.25) is 0 Å². The molecule has 0 saturated carbocycles. The first kappa shape index (κ1) is 13.0. The lowest BCUT2D eigenvalue weighted by Gasteiger charge is -2.09. The molecule has 0 bridgehead atoms. The summed E-state index contributed by atoms with van der Waals surface area (Å²) in [5, 5.41) is 0. The minimum absolute atomic E-state index is 0.0249.